The van der Waals surface area contributed by atoms with Gasteiger partial charge in [-0.1, -0.05) is 6.07 Å². The number of nitriles is 1. The van der Waals surface area contributed by atoms with Crippen LogP contribution >= 0.6 is 0 Å². The Morgan fingerprint density at radius 3 is 2.88 bits per heavy atom. The second kappa shape index (κ2) is 7.01. The molecule has 25 heavy (non-hydrogen) atoms. The van der Waals surface area contributed by atoms with E-state index in [1.165, 1.54) is 0 Å². The zero-order valence-corrected chi connectivity index (χ0v) is 14.1. The Bertz CT molecular complexity index is 947. The van der Waals surface area contributed by atoms with E-state index in [-0.39, 0.29) is 5.91 Å². The number of carbonyl (C=O) groups is 1. The maximum absolute atomic E-state index is 12.3. The molecular formula is C18H18N6O. The average Bonchev–Trinajstić information content (AvgIpc) is 3.22. The largest absolute Gasteiger partial charge is 0.319 e. The van der Waals surface area contributed by atoms with Crippen LogP contribution < -0.4 is 5.32 Å². The molecule has 0 saturated heterocycles. The second-order valence-corrected chi connectivity index (χ2v) is 5.64. The number of anilines is 1. The van der Waals surface area contributed by atoms with E-state index in [4.69, 9.17) is 5.26 Å². The molecule has 0 aliphatic carbocycles. The number of aromatic nitrogens is 4. The van der Waals surface area contributed by atoms with E-state index in [0.29, 0.717) is 23.4 Å². The zero-order valence-electron chi connectivity index (χ0n) is 14.1. The Morgan fingerprint density at radius 1 is 1.32 bits per heavy atom. The summed E-state index contributed by atoms with van der Waals surface area (Å²) in [6.07, 6.45) is 5.21. The molecule has 1 amide bonds. The number of hydrogen-bond donors (Lipinski definition) is 1. The summed E-state index contributed by atoms with van der Waals surface area (Å²) in [7, 11) is 0. The Hall–Kier alpha value is -3.40. The van der Waals surface area contributed by atoms with Crippen LogP contribution in [0.15, 0.2) is 42.9 Å². The Kier molecular flexibility index (Phi) is 4.61. The quantitative estimate of drug-likeness (QED) is 0.776. The predicted octanol–water partition coefficient (Wildman–Crippen LogP) is 2.58. The van der Waals surface area contributed by atoms with Crippen LogP contribution in [0.2, 0.25) is 0 Å². The van der Waals surface area contributed by atoms with Crippen LogP contribution in [-0.2, 0) is 13.1 Å². The third-order valence-corrected chi connectivity index (χ3v) is 3.98. The van der Waals surface area contributed by atoms with Gasteiger partial charge in [0.2, 0.25) is 0 Å². The van der Waals surface area contributed by atoms with Gasteiger partial charge in [0.1, 0.15) is 0 Å². The Labute approximate surface area is 145 Å². The fraction of sp³-hybridized carbons (Fsp3) is 0.222. The molecule has 2 aromatic heterocycles. The number of carbonyl (C=O) groups excluding carboxylic acids is 1. The van der Waals surface area contributed by atoms with Crippen molar-refractivity contribution in [3.8, 4) is 6.07 Å². The number of rotatable bonds is 5. The summed E-state index contributed by atoms with van der Waals surface area (Å²) in [5, 5.41) is 20.3. The van der Waals surface area contributed by atoms with Gasteiger partial charge in [-0.3, -0.25) is 14.2 Å². The van der Waals surface area contributed by atoms with Crippen molar-refractivity contribution in [2.45, 2.75) is 26.9 Å². The molecule has 2 heterocycles. The van der Waals surface area contributed by atoms with Gasteiger partial charge >= 0.3 is 0 Å². The number of nitrogens with one attached hydrogen (secondary N) is 1. The number of benzene rings is 1. The van der Waals surface area contributed by atoms with E-state index in [1.807, 2.05) is 30.8 Å². The summed E-state index contributed by atoms with van der Waals surface area (Å²) in [5.41, 5.74) is 3.69. The molecule has 0 aliphatic rings. The lowest BCUT2D eigenvalue weighted by molar-refractivity contribution is 0.102. The highest BCUT2D eigenvalue weighted by Gasteiger charge is 2.10. The Balaban J connectivity index is 1.70. The normalized spacial score (nSPS) is 10.4. The highest BCUT2D eigenvalue weighted by Crippen LogP contribution is 2.13. The van der Waals surface area contributed by atoms with Crippen molar-refractivity contribution in [3.63, 3.8) is 0 Å². The fourth-order valence-corrected chi connectivity index (χ4v) is 2.58. The van der Waals surface area contributed by atoms with Crippen LogP contribution in [0.25, 0.3) is 0 Å². The van der Waals surface area contributed by atoms with Crippen molar-refractivity contribution in [1.29, 1.82) is 5.26 Å². The van der Waals surface area contributed by atoms with Crippen LogP contribution in [0, 0.1) is 18.3 Å². The lowest BCUT2D eigenvalue weighted by Crippen LogP contribution is -2.11. The minimum absolute atomic E-state index is 0.272. The van der Waals surface area contributed by atoms with Gasteiger partial charge in [0.15, 0.2) is 0 Å². The van der Waals surface area contributed by atoms with Crippen molar-refractivity contribution in [1.82, 2.24) is 19.6 Å². The van der Waals surface area contributed by atoms with Crippen LogP contribution in [-0.4, -0.2) is 25.5 Å². The topological polar surface area (TPSA) is 88.5 Å². The molecule has 7 nitrogen and oxygen atoms in total. The zero-order chi connectivity index (χ0) is 17.8. The molecule has 0 spiro atoms. The lowest BCUT2D eigenvalue weighted by atomic mass is 10.1. The van der Waals surface area contributed by atoms with Gasteiger partial charge in [-0.25, -0.2) is 0 Å². The van der Waals surface area contributed by atoms with Gasteiger partial charge in [0.25, 0.3) is 5.91 Å². The van der Waals surface area contributed by atoms with Crippen LogP contribution in [0.5, 0.6) is 0 Å². The summed E-state index contributed by atoms with van der Waals surface area (Å²) >= 11 is 0. The van der Waals surface area contributed by atoms with E-state index >= 15 is 0 Å². The van der Waals surface area contributed by atoms with Crippen LogP contribution in [0.4, 0.5) is 5.69 Å². The van der Waals surface area contributed by atoms with Crippen molar-refractivity contribution in [3.05, 3.63) is 65.2 Å². The van der Waals surface area contributed by atoms with Gasteiger partial charge < -0.3 is 5.32 Å². The third-order valence-electron chi connectivity index (χ3n) is 3.98. The number of amides is 1. The van der Waals surface area contributed by atoms with Gasteiger partial charge in [0.05, 0.1) is 36.3 Å². The molecule has 0 bridgehead atoms. The maximum atomic E-state index is 12.3. The molecule has 3 aromatic rings. The molecule has 1 aromatic carbocycles. The molecular weight excluding hydrogens is 316 g/mol. The molecule has 0 radical (unpaired) electrons. The standard InChI is InChI=1S/C18H18N6O/c1-3-24-13(2)16(9-21-24)11-23-12-17(10-20-23)22-18(25)15-6-4-5-14(7-15)8-19/h4-7,9-10,12H,3,11H2,1-2H3,(H,22,25). The maximum Gasteiger partial charge on any atom is 0.255 e. The number of hydrogen-bond acceptors (Lipinski definition) is 4. The van der Waals surface area contributed by atoms with Crippen molar-refractivity contribution in [2.75, 3.05) is 5.32 Å². The summed E-state index contributed by atoms with van der Waals surface area (Å²) in [5.74, 6) is -0.272. The number of nitrogens with zero attached hydrogens (tertiary/aromatic N) is 5. The fourth-order valence-electron chi connectivity index (χ4n) is 2.58. The molecule has 7 heteroatoms. The van der Waals surface area contributed by atoms with E-state index in [0.717, 1.165) is 17.8 Å². The van der Waals surface area contributed by atoms with Crippen LogP contribution in [0.1, 0.15) is 34.1 Å². The lowest BCUT2D eigenvalue weighted by Gasteiger charge is -2.04. The van der Waals surface area contributed by atoms with Crippen molar-refractivity contribution in [2.24, 2.45) is 0 Å². The smallest absolute Gasteiger partial charge is 0.255 e. The molecule has 0 saturated carbocycles. The first-order valence-electron chi connectivity index (χ1n) is 7.96. The van der Waals surface area contributed by atoms with Gasteiger partial charge in [-0.05, 0) is 32.0 Å². The summed E-state index contributed by atoms with van der Waals surface area (Å²) in [6.45, 7) is 5.49. The summed E-state index contributed by atoms with van der Waals surface area (Å²) < 4.78 is 3.69. The molecule has 3 rings (SSSR count). The number of aryl methyl sites for hydroxylation is 1. The minimum Gasteiger partial charge on any atom is -0.319 e. The molecule has 0 unspecified atom stereocenters. The first-order valence-corrected chi connectivity index (χ1v) is 7.96. The molecule has 0 fully saturated rings. The minimum atomic E-state index is -0.272. The predicted molar refractivity (Wildman–Crippen MR) is 93.1 cm³/mol. The molecule has 0 atom stereocenters. The highest BCUT2D eigenvalue weighted by atomic mass is 16.1. The summed E-state index contributed by atoms with van der Waals surface area (Å²) in [6, 6.07) is 8.60. The molecule has 0 aliphatic heterocycles. The Morgan fingerprint density at radius 2 is 2.16 bits per heavy atom. The van der Waals surface area contributed by atoms with E-state index in [9.17, 15) is 4.79 Å². The first-order chi connectivity index (χ1) is 12.1. The average molecular weight is 334 g/mol. The molecule has 126 valence electrons. The van der Waals surface area contributed by atoms with E-state index < -0.39 is 0 Å². The van der Waals surface area contributed by atoms with E-state index in [2.05, 4.69) is 15.5 Å². The first kappa shape index (κ1) is 16.5. The summed E-state index contributed by atoms with van der Waals surface area (Å²) in [4.78, 5) is 12.3. The van der Waals surface area contributed by atoms with Crippen LogP contribution in [0.3, 0.4) is 0 Å². The van der Waals surface area contributed by atoms with Crippen molar-refractivity contribution >= 4 is 11.6 Å². The van der Waals surface area contributed by atoms with Gasteiger partial charge in [-0.2, -0.15) is 15.5 Å². The third kappa shape index (κ3) is 3.58. The monoisotopic (exact) mass is 334 g/mol. The van der Waals surface area contributed by atoms with E-state index in [1.54, 1.807) is 41.3 Å². The van der Waals surface area contributed by atoms with Gasteiger partial charge in [0, 0.05) is 29.6 Å². The second-order valence-electron chi connectivity index (χ2n) is 5.64. The SMILES string of the molecule is CCn1ncc(Cn2cc(NC(=O)c3cccc(C#N)c3)cn2)c1C. The van der Waals surface area contributed by atoms with Crippen molar-refractivity contribution < 1.29 is 4.79 Å². The molecule has 1 N–H and O–H groups in total. The van der Waals surface area contributed by atoms with Gasteiger partial charge in [-0.15, -0.1) is 0 Å². The highest BCUT2D eigenvalue weighted by molar-refractivity contribution is 6.04.